The second kappa shape index (κ2) is 5.95. The van der Waals surface area contributed by atoms with Crippen molar-refractivity contribution in [3.8, 4) is 0 Å². The van der Waals surface area contributed by atoms with E-state index in [1.165, 1.54) is 10.9 Å². The summed E-state index contributed by atoms with van der Waals surface area (Å²) < 4.78 is 2.92. The highest BCUT2D eigenvalue weighted by molar-refractivity contribution is 9.10. The summed E-state index contributed by atoms with van der Waals surface area (Å²) >= 11 is 3.51. The molecule has 2 heterocycles. The van der Waals surface area contributed by atoms with E-state index in [1.807, 2.05) is 30.9 Å². The van der Waals surface area contributed by atoms with Crippen LogP contribution in [0.2, 0.25) is 0 Å². The maximum absolute atomic E-state index is 4.52. The number of fused-ring (bicyclic) bond motifs is 1. The van der Waals surface area contributed by atoms with Crippen LogP contribution in [-0.2, 0) is 20.1 Å². The third-order valence-corrected chi connectivity index (χ3v) is 4.19. The van der Waals surface area contributed by atoms with Gasteiger partial charge in [0.25, 0.3) is 0 Å². The fourth-order valence-electron chi connectivity index (χ4n) is 2.35. The summed E-state index contributed by atoms with van der Waals surface area (Å²) in [5.41, 5.74) is 4.50. The van der Waals surface area contributed by atoms with Crippen molar-refractivity contribution >= 4 is 26.8 Å². The molecular formula is C16H17BrN4. The Morgan fingerprint density at radius 3 is 2.81 bits per heavy atom. The van der Waals surface area contributed by atoms with Gasteiger partial charge in [0.15, 0.2) is 0 Å². The summed E-state index contributed by atoms with van der Waals surface area (Å²) in [6.07, 6.45) is 1.82. The van der Waals surface area contributed by atoms with E-state index in [4.69, 9.17) is 0 Å². The number of hydrogen-bond acceptors (Lipinski definition) is 3. The third kappa shape index (κ3) is 3.14. The van der Waals surface area contributed by atoms with Gasteiger partial charge in [0.05, 0.1) is 21.9 Å². The molecule has 0 radical (unpaired) electrons. The molecule has 0 fully saturated rings. The zero-order valence-corrected chi connectivity index (χ0v) is 13.7. The smallest absolute Gasteiger partial charge is 0.0705 e. The van der Waals surface area contributed by atoms with Crippen molar-refractivity contribution in [1.82, 2.24) is 20.1 Å². The maximum atomic E-state index is 4.52. The van der Waals surface area contributed by atoms with Gasteiger partial charge in [-0.25, -0.2) is 0 Å². The van der Waals surface area contributed by atoms with E-state index < -0.39 is 0 Å². The Kier molecular flexibility index (Phi) is 4.03. The van der Waals surface area contributed by atoms with Crippen LogP contribution in [0.5, 0.6) is 0 Å². The topological polar surface area (TPSA) is 42.7 Å². The minimum atomic E-state index is 0.779. The normalized spacial score (nSPS) is 11.2. The lowest BCUT2D eigenvalue weighted by Gasteiger charge is -2.07. The molecule has 108 valence electrons. The van der Waals surface area contributed by atoms with Crippen LogP contribution in [0.4, 0.5) is 0 Å². The van der Waals surface area contributed by atoms with Crippen LogP contribution in [-0.4, -0.2) is 14.8 Å². The number of hydrogen-bond donors (Lipinski definition) is 1. The summed E-state index contributed by atoms with van der Waals surface area (Å²) in [4.78, 5) is 4.52. The Morgan fingerprint density at radius 2 is 2.05 bits per heavy atom. The monoisotopic (exact) mass is 344 g/mol. The highest BCUT2D eigenvalue weighted by Gasteiger charge is 2.05. The van der Waals surface area contributed by atoms with Crippen molar-refractivity contribution < 1.29 is 0 Å². The minimum Gasteiger partial charge on any atom is -0.307 e. The van der Waals surface area contributed by atoms with Crippen LogP contribution in [0.15, 0.2) is 41.0 Å². The van der Waals surface area contributed by atoms with Crippen LogP contribution in [0.3, 0.4) is 0 Å². The highest BCUT2D eigenvalue weighted by atomic mass is 79.9. The molecule has 0 saturated carbocycles. The van der Waals surface area contributed by atoms with Crippen molar-refractivity contribution in [3.05, 3.63) is 58.0 Å². The number of benzene rings is 1. The molecule has 0 bridgehead atoms. The van der Waals surface area contributed by atoms with Gasteiger partial charge in [-0.2, -0.15) is 5.10 Å². The van der Waals surface area contributed by atoms with Gasteiger partial charge in [0.1, 0.15) is 0 Å². The first kappa shape index (κ1) is 14.2. The minimum absolute atomic E-state index is 0.779. The number of rotatable bonds is 4. The zero-order valence-electron chi connectivity index (χ0n) is 12.1. The Labute approximate surface area is 132 Å². The Morgan fingerprint density at radius 1 is 1.19 bits per heavy atom. The van der Waals surface area contributed by atoms with Crippen molar-refractivity contribution in [3.63, 3.8) is 0 Å². The van der Waals surface area contributed by atoms with E-state index in [1.54, 1.807) is 0 Å². The van der Waals surface area contributed by atoms with E-state index in [2.05, 4.69) is 55.6 Å². The second-order valence-corrected chi connectivity index (χ2v) is 6.00. The average molecular weight is 345 g/mol. The number of nitrogens with zero attached hydrogens (tertiary/aromatic N) is 3. The number of aryl methyl sites for hydroxylation is 2. The fraction of sp³-hybridized carbons (Fsp3) is 0.250. The van der Waals surface area contributed by atoms with Crippen molar-refractivity contribution in [2.45, 2.75) is 20.0 Å². The molecule has 0 aliphatic rings. The first-order valence-electron chi connectivity index (χ1n) is 6.87. The van der Waals surface area contributed by atoms with Crippen LogP contribution in [0.25, 0.3) is 10.9 Å². The molecule has 21 heavy (non-hydrogen) atoms. The number of aromatic nitrogens is 3. The van der Waals surface area contributed by atoms with Crippen LogP contribution in [0, 0.1) is 6.92 Å². The Hall–Kier alpha value is -1.72. The van der Waals surface area contributed by atoms with Crippen molar-refractivity contribution in [2.75, 3.05) is 0 Å². The van der Waals surface area contributed by atoms with Gasteiger partial charge < -0.3 is 5.32 Å². The van der Waals surface area contributed by atoms with E-state index in [0.29, 0.717) is 0 Å². The van der Waals surface area contributed by atoms with Gasteiger partial charge in [0, 0.05) is 31.2 Å². The first-order chi connectivity index (χ1) is 10.1. The van der Waals surface area contributed by atoms with Gasteiger partial charge in [-0.15, -0.1) is 0 Å². The fourth-order valence-corrected chi connectivity index (χ4v) is 2.84. The predicted molar refractivity (Wildman–Crippen MR) is 87.9 cm³/mol. The lowest BCUT2D eigenvalue weighted by molar-refractivity contribution is 0.624. The lowest BCUT2D eigenvalue weighted by Crippen LogP contribution is -2.15. The second-order valence-electron chi connectivity index (χ2n) is 5.15. The summed E-state index contributed by atoms with van der Waals surface area (Å²) in [6, 6.07) is 10.6. The first-order valence-corrected chi connectivity index (χ1v) is 7.66. The van der Waals surface area contributed by atoms with Crippen LogP contribution in [0.1, 0.15) is 17.0 Å². The van der Waals surface area contributed by atoms with Gasteiger partial charge in [-0.05, 0) is 46.6 Å². The van der Waals surface area contributed by atoms with E-state index >= 15 is 0 Å². The van der Waals surface area contributed by atoms with Gasteiger partial charge in [-0.3, -0.25) is 9.67 Å². The molecule has 0 amide bonds. The predicted octanol–water partition coefficient (Wildman–Crippen LogP) is 3.33. The summed E-state index contributed by atoms with van der Waals surface area (Å²) in [5.74, 6) is 0. The highest BCUT2D eigenvalue weighted by Crippen LogP contribution is 2.16. The molecule has 0 atom stereocenters. The average Bonchev–Trinajstić information content (AvgIpc) is 2.79. The van der Waals surface area contributed by atoms with Gasteiger partial charge >= 0.3 is 0 Å². The Bertz CT molecular complexity index is 760. The molecular weight excluding hydrogens is 328 g/mol. The molecule has 5 heteroatoms. The number of pyridine rings is 1. The summed E-state index contributed by atoms with van der Waals surface area (Å²) in [7, 11) is 1.95. The molecule has 0 spiro atoms. The molecule has 3 rings (SSSR count). The molecule has 1 aromatic carbocycles. The molecule has 0 aliphatic carbocycles. The quantitative estimate of drug-likeness (QED) is 0.789. The standard InChI is InChI=1S/C16H17BrN4/c1-11-3-5-13-7-12(4-6-15(13)20-11)8-18-10-16-14(17)9-19-21(16)2/h3-7,9,18H,8,10H2,1-2H3. The SMILES string of the molecule is Cc1ccc2cc(CNCc3c(Br)cnn3C)ccc2n1. The van der Waals surface area contributed by atoms with Crippen LogP contribution >= 0.6 is 15.9 Å². The molecule has 3 aromatic rings. The zero-order chi connectivity index (χ0) is 14.8. The van der Waals surface area contributed by atoms with Crippen molar-refractivity contribution in [2.24, 2.45) is 7.05 Å². The maximum Gasteiger partial charge on any atom is 0.0705 e. The molecule has 0 aliphatic heterocycles. The Balaban J connectivity index is 1.69. The van der Waals surface area contributed by atoms with Gasteiger partial charge in [-0.1, -0.05) is 12.1 Å². The largest absolute Gasteiger partial charge is 0.307 e. The van der Waals surface area contributed by atoms with E-state index in [9.17, 15) is 0 Å². The lowest BCUT2D eigenvalue weighted by atomic mass is 10.1. The number of nitrogens with one attached hydrogen (secondary N) is 1. The van der Waals surface area contributed by atoms with E-state index in [-0.39, 0.29) is 0 Å². The molecule has 1 N–H and O–H groups in total. The van der Waals surface area contributed by atoms with Crippen molar-refractivity contribution in [1.29, 1.82) is 0 Å². The summed E-state index contributed by atoms with van der Waals surface area (Å²) in [6.45, 7) is 3.61. The molecule has 2 aromatic heterocycles. The van der Waals surface area contributed by atoms with Crippen LogP contribution < -0.4 is 5.32 Å². The summed E-state index contributed by atoms with van der Waals surface area (Å²) in [5, 5.41) is 8.85. The molecule has 0 unspecified atom stereocenters. The number of halogens is 1. The van der Waals surface area contributed by atoms with E-state index in [0.717, 1.165) is 34.5 Å². The van der Waals surface area contributed by atoms with Gasteiger partial charge in [0.2, 0.25) is 0 Å². The molecule has 0 saturated heterocycles. The third-order valence-electron chi connectivity index (χ3n) is 3.53. The molecule has 4 nitrogen and oxygen atoms in total.